The van der Waals surface area contributed by atoms with Crippen LogP contribution in [0.15, 0.2) is 16.6 Å². The van der Waals surface area contributed by atoms with Gasteiger partial charge in [-0.15, -0.1) is 0 Å². The van der Waals surface area contributed by atoms with Crippen LogP contribution in [0.25, 0.3) is 0 Å². The van der Waals surface area contributed by atoms with Crippen molar-refractivity contribution in [1.29, 1.82) is 0 Å². The van der Waals surface area contributed by atoms with E-state index in [0.29, 0.717) is 17.1 Å². The highest BCUT2D eigenvalue weighted by Gasteiger charge is 2.24. The molecule has 1 heterocycles. The Balaban J connectivity index is 1.93. The number of halogens is 1. The summed E-state index contributed by atoms with van der Waals surface area (Å²) in [5.41, 5.74) is 0.710. The minimum atomic E-state index is -0.453. The maximum Gasteiger partial charge on any atom is 0.310 e. The molecular formula is C18H24BrNO5. The van der Waals surface area contributed by atoms with Gasteiger partial charge in [0, 0.05) is 17.1 Å². The fraction of sp³-hybridized carbons (Fsp3) is 0.556. The van der Waals surface area contributed by atoms with Crippen molar-refractivity contribution in [2.45, 2.75) is 38.6 Å². The van der Waals surface area contributed by atoms with Gasteiger partial charge in [0.2, 0.25) is 0 Å². The van der Waals surface area contributed by atoms with Crippen molar-refractivity contribution in [3.05, 3.63) is 22.2 Å². The van der Waals surface area contributed by atoms with E-state index in [1.165, 1.54) is 7.11 Å². The first kappa shape index (κ1) is 19.6. The molecule has 1 saturated heterocycles. The van der Waals surface area contributed by atoms with Crippen LogP contribution in [0, 0.1) is 0 Å². The minimum Gasteiger partial charge on any atom is -0.493 e. The van der Waals surface area contributed by atoms with Gasteiger partial charge in [-0.05, 0) is 43.9 Å². The number of nitrogens with zero attached hydrogens (tertiary/aromatic N) is 1. The van der Waals surface area contributed by atoms with Gasteiger partial charge in [0.1, 0.15) is 0 Å². The highest BCUT2D eigenvalue weighted by Crippen LogP contribution is 2.33. The molecule has 1 aromatic rings. The second kappa shape index (κ2) is 9.08. The Bertz CT molecular complexity index is 634. The van der Waals surface area contributed by atoms with Crippen LogP contribution >= 0.6 is 15.9 Å². The minimum absolute atomic E-state index is 0.0454. The van der Waals surface area contributed by atoms with Crippen molar-refractivity contribution in [3.8, 4) is 11.5 Å². The highest BCUT2D eigenvalue weighted by atomic mass is 79.9. The molecular weight excluding hydrogens is 390 g/mol. The van der Waals surface area contributed by atoms with E-state index < -0.39 is 5.97 Å². The molecule has 0 radical (unpaired) electrons. The van der Waals surface area contributed by atoms with Crippen molar-refractivity contribution in [1.82, 2.24) is 4.90 Å². The standard InChI is InChI=1S/C18H24BrNO5/c1-12-6-4-5-7-20(12)17(21)11-25-18(22)9-13-8-15(23-2)16(24-3)10-14(13)19/h8,10,12H,4-7,9,11H2,1-3H3/t12-/m1/s1. The summed E-state index contributed by atoms with van der Waals surface area (Å²) in [7, 11) is 3.08. The van der Waals surface area contributed by atoms with Crippen molar-refractivity contribution < 1.29 is 23.8 Å². The van der Waals surface area contributed by atoms with E-state index in [-0.39, 0.29) is 25.0 Å². The number of amides is 1. The summed E-state index contributed by atoms with van der Waals surface area (Å²) in [4.78, 5) is 26.1. The summed E-state index contributed by atoms with van der Waals surface area (Å²) < 4.78 is 16.3. The number of methoxy groups -OCH3 is 2. The number of likely N-dealkylation sites (tertiary alicyclic amines) is 1. The predicted molar refractivity (Wildman–Crippen MR) is 96.9 cm³/mol. The number of esters is 1. The van der Waals surface area contributed by atoms with E-state index >= 15 is 0 Å². The molecule has 0 aromatic heterocycles. The van der Waals surface area contributed by atoms with Crippen LogP contribution in [0.3, 0.4) is 0 Å². The Labute approximate surface area is 156 Å². The van der Waals surface area contributed by atoms with Crippen LogP contribution in [0.4, 0.5) is 0 Å². The van der Waals surface area contributed by atoms with E-state index in [1.54, 1.807) is 24.1 Å². The average molecular weight is 414 g/mol. The molecule has 7 heteroatoms. The number of hydrogen-bond donors (Lipinski definition) is 0. The molecule has 0 N–H and O–H groups in total. The second-order valence-corrected chi connectivity index (χ2v) is 6.92. The predicted octanol–water partition coefficient (Wildman–Crippen LogP) is 2.95. The van der Waals surface area contributed by atoms with E-state index in [9.17, 15) is 9.59 Å². The summed E-state index contributed by atoms with van der Waals surface area (Å²) in [5, 5.41) is 0. The largest absolute Gasteiger partial charge is 0.493 e. The van der Waals surface area contributed by atoms with Gasteiger partial charge in [-0.1, -0.05) is 15.9 Å². The van der Waals surface area contributed by atoms with Crippen LogP contribution in [0.2, 0.25) is 0 Å². The third-order valence-corrected chi connectivity index (χ3v) is 5.11. The molecule has 1 atom stereocenters. The van der Waals surface area contributed by atoms with Crippen molar-refractivity contribution in [2.24, 2.45) is 0 Å². The Morgan fingerprint density at radius 1 is 1.20 bits per heavy atom. The first-order valence-electron chi connectivity index (χ1n) is 8.31. The lowest BCUT2D eigenvalue weighted by molar-refractivity contribution is -0.153. The van der Waals surface area contributed by atoms with Gasteiger partial charge < -0.3 is 19.1 Å². The molecule has 0 bridgehead atoms. The Morgan fingerprint density at radius 2 is 1.88 bits per heavy atom. The fourth-order valence-corrected chi connectivity index (χ4v) is 3.39. The van der Waals surface area contributed by atoms with E-state index in [1.807, 2.05) is 6.92 Å². The fourth-order valence-electron chi connectivity index (χ4n) is 2.93. The number of piperidine rings is 1. The van der Waals surface area contributed by atoms with Crippen LogP contribution in [-0.4, -0.2) is 50.2 Å². The van der Waals surface area contributed by atoms with Crippen LogP contribution in [-0.2, 0) is 20.7 Å². The number of benzene rings is 1. The van der Waals surface area contributed by atoms with Gasteiger partial charge in [0.05, 0.1) is 20.6 Å². The maximum absolute atomic E-state index is 12.2. The first-order chi connectivity index (χ1) is 12.0. The van der Waals surface area contributed by atoms with Gasteiger partial charge in [-0.3, -0.25) is 9.59 Å². The summed E-state index contributed by atoms with van der Waals surface area (Å²) in [5.74, 6) is 0.519. The van der Waals surface area contributed by atoms with E-state index in [2.05, 4.69) is 15.9 Å². The average Bonchev–Trinajstić information content (AvgIpc) is 2.61. The lowest BCUT2D eigenvalue weighted by Gasteiger charge is -2.33. The molecule has 6 nitrogen and oxygen atoms in total. The van der Waals surface area contributed by atoms with Crippen LogP contribution < -0.4 is 9.47 Å². The SMILES string of the molecule is COc1cc(Br)c(CC(=O)OCC(=O)N2CCCC[C@H]2C)cc1OC. The maximum atomic E-state index is 12.2. The molecule has 1 aliphatic heterocycles. The van der Waals surface area contributed by atoms with Gasteiger partial charge in [-0.25, -0.2) is 0 Å². The molecule has 0 saturated carbocycles. The number of carbonyl (C=O) groups is 2. The molecule has 1 aliphatic rings. The zero-order chi connectivity index (χ0) is 18.4. The number of hydrogen-bond acceptors (Lipinski definition) is 5. The normalized spacial score (nSPS) is 17.1. The van der Waals surface area contributed by atoms with E-state index in [4.69, 9.17) is 14.2 Å². The van der Waals surface area contributed by atoms with E-state index in [0.717, 1.165) is 30.3 Å². The topological polar surface area (TPSA) is 65.1 Å². The zero-order valence-electron chi connectivity index (χ0n) is 14.8. The molecule has 2 rings (SSSR count). The molecule has 0 aliphatic carbocycles. The monoisotopic (exact) mass is 413 g/mol. The van der Waals surface area contributed by atoms with Crippen LogP contribution in [0.1, 0.15) is 31.7 Å². The van der Waals surface area contributed by atoms with Gasteiger partial charge >= 0.3 is 5.97 Å². The molecule has 1 amide bonds. The Hall–Kier alpha value is -1.76. The molecule has 25 heavy (non-hydrogen) atoms. The van der Waals surface area contributed by atoms with Gasteiger partial charge in [0.15, 0.2) is 18.1 Å². The number of rotatable bonds is 6. The molecule has 138 valence electrons. The highest BCUT2D eigenvalue weighted by molar-refractivity contribution is 9.10. The summed E-state index contributed by atoms with van der Waals surface area (Å²) >= 11 is 3.41. The molecule has 1 fully saturated rings. The zero-order valence-corrected chi connectivity index (χ0v) is 16.4. The van der Waals surface area contributed by atoms with Crippen molar-refractivity contribution >= 4 is 27.8 Å². The summed E-state index contributed by atoms with van der Waals surface area (Å²) in [6.07, 6.45) is 3.18. The Kier molecular flexibility index (Phi) is 7.11. The first-order valence-corrected chi connectivity index (χ1v) is 9.11. The van der Waals surface area contributed by atoms with Crippen molar-refractivity contribution in [3.63, 3.8) is 0 Å². The number of carbonyl (C=O) groups excluding carboxylic acids is 2. The van der Waals surface area contributed by atoms with Gasteiger partial charge in [0.25, 0.3) is 5.91 Å². The quantitative estimate of drug-likeness (QED) is 0.670. The molecule has 1 aromatic carbocycles. The smallest absolute Gasteiger partial charge is 0.310 e. The lowest BCUT2D eigenvalue weighted by Crippen LogP contribution is -2.44. The summed E-state index contributed by atoms with van der Waals surface area (Å²) in [6.45, 7) is 2.55. The molecule has 0 spiro atoms. The Morgan fingerprint density at radius 3 is 2.52 bits per heavy atom. The molecule has 0 unspecified atom stereocenters. The number of ether oxygens (including phenoxy) is 3. The van der Waals surface area contributed by atoms with Crippen molar-refractivity contribution in [2.75, 3.05) is 27.4 Å². The second-order valence-electron chi connectivity index (χ2n) is 6.07. The van der Waals surface area contributed by atoms with Crippen LogP contribution in [0.5, 0.6) is 11.5 Å². The lowest BCUT2D eigenvalue weighted by atomic mass is 10.0. The third-order valence-electron chi connectivity index (χ3n) is 4.37. The summed E-state index contributed by atoms with van der Waals surface area (Å²) in [6, 6.07) is 3.67. The van der Waals surface area contributed by atoms with Gasteiger partial charge in [-0.2, -0.15) is 0 Å². The third kappa shape index (κ3) is 5.11.